The highest BCUT2D eigenvalue weighted by Gasteiger charge is 2.06. The molecule has 0 radical (unpaired) electrons. The van der Waals surface area contributed by atoms with Gasteiger partial charge in [-0.05, 0) is 12.1 Å². The molecule has 0 aromatic carbocycles. The second kappa shape index (κ2) is 9.83. The van der Waals surface area contributed by atoms with Gasteiger partial charge in [0.1, 0.15) is 5.76 Å². The van der Waals surface area contributed by atoms with Crippen LogP contribution in [0.15, 0.2) is 33.2 Å². The number of furan rings is 1. The minimum absolute atomic E-state index is 0. The number of aromatic nitrogens is 1. The van der Waals surface area contributed by atoms with E-state index in [-0.39, 0.29) is 24.0 Å². The van der Waals surface area contributed by atoms with Crippen molar-refractivity contribution in [2.75, 3.05) is 13.6 Å². The summed E-state index contributed by atoms with van der Waals surface area (Å²) in [5.74, 6) is 2.23. The standard InChI is InChI=1S/C15H22N4OS.HI/c1-11(2)14-19-12(10-21-14)9-18-15(16-3)17-7-6-13-5-4-8-20-13;/h4-5,8,10-11H,6-7,9H2,1-3H3,(H2,16,17,18);1H. The molecule has 2 aromatic heterocycles. The van der Waals surface area contributed by atoms with Gasteiger partial charge >= 0.3 is 0 Å². The van der Waals surface area contributed by atoms with Crippen molar-refractivity contribution < 1.29 is 4.42 Å². The van der Waals surface area contributed by atoms with Crippen LogP contribution in [0.5, 0.6) is 0 Å². The van der Waals surface area contributed by atoms with E-state index in [4.69, 9.17) is 4.42 Å². The fourth-order valence-corrected chi connectivity index (χ4v) is 2.66. The number of thiazole rings is 1. The van der Waals surface area contributed by atoms with Crippen molar-refractivity contribution in [1.29, 1.82) is 0 Å². The van der Waals surface area contributed by atoms with Crippen LogP contribution in [0.3, 0.4) is 0 Å². The van der Waals surface area contributed by atoms with E-state index in [0.29, 0.717) is 12.5 Å². The highest BCUT2D eigenvalue weighted by Crippen LogP contribution is 2.18. The molecule has 0 unspecified atom stereocenters. The van der Waals surface area contributed by atoms with Gasteiger partial charge in [-0.25, -0.2) is 4.98 Å². The quantitative estimate of drug-likeness (QED) is 0.416. The number of nitrogens with zero attached hydrogens (tertiary/aromatic N) is 2. The lowest BCUT2D eigenvalue weighted by atomic mass is 10.2. The minimum Gasteiger partial charge on any atom is -0.469 e. The topological polar surface area (TPSA) is 62.5 Å². The molecule has 0 bridgehead atoms. The van der Waals surface area contributed by atoms with Gasteiger partial charge in [-0.3, -0.25) is 4.99 Å². The van der Waals surface area contributed by atoms with E-state index in [1.807, 2.05) is 12.1 Å². The van der Waals surface area contributed by atoms with Gasteiger partial charge in [0.15, 0.2) is 5.96 Å². The number of guanidine groups is 1. The molecule has 0 fully saturated rings. The van der Waals surface area contributed by atoms with Crippen molar-refractivity contribution in [1.82, 2.24) is 15.6 Å². The molecule has 0 aliphatic heterocycles. The first-order valence-corrected chi connectivity index (χ1v) is 7.98. The molecule has 122 valence electrons. The van der Waals surface area contributed by atoms with Crippen molar-refractivity contribution in [2.45, 2.75) is 32.7 Å². The summed E-state index contributed by atoms with van der Waals surface area (Å²) in [6.45, 7) is 5.78. The highest BCUT2D eigenvalue weighted by molar-refractivity contribution is 14.0. The number of nitrogens with one attached hydrogen (secondary N) is 2. The molecule has 0 saturated heterocycles. The van der Waals surface area contributed by atoms with E-state index < -0.39 is 0 Å². The molecule has 2 N–H and O–H groups in total. The van der Waals surface area contributed by atoms with Crippen molar-refractivity contribution in [2.24, 2.45) is 4.99 Å². The fraction of sp³-hybridized carbons (Fsp3) is 0.467. The van der Waals surface area contributed by atoms with Gasteiger partial charge in [0.05, 0.1) is 23.5 Å². The predicted molar refractivity (Wildman–Crippen MR) is 102 cm³/mol. The van der Waals surface area contributed by atoms with Crippen molar-refractivity contribution >= 4 is 41.3 Å². The van der Waals surface area contributed by atoms with Gasteiger partial charge in [0.2, 0.25) is 0 Å². The average molecular weight is 434 g/mol. The third kappa shape index (κ3) is 5.96. The van der Waals surface area contributed by atoms with Crippen LogP contribution in [0.1, 0.15) is 36.2 Å². The van der Waals surface area contributed by atoms with Crippen LogP contribution in [0, 0.1) is 0 Å². The maximum Gasteiger partial charge on any atom is 0.191 e. The summed E-state index contributed by atoms with van der Waals surface area (Å²) in [6.07, 6.45) is 2.53. The van der Waals surface area contributed by atoms with Crippen LogP contribution >= 0.6 is 35.3 Å². The molecule has 2 rings (SSSR count). The molecule has 0 saturated carbocycles. The van der Waals surface area contributed by atoms with E-state index in [1.165, 1.54) is 5.01 Å². The van der Waals surface area contributed by atoms with E-state index in [1.54, 1.807) is 24.6 Å². The largest absolute Gasteiger partial charge is 0.469 e. The second-order valence-corrected chi connectivity index (χ2v) is 5.90. The van der Waals surface area contributed by atoms with Crippen molar-refractivity contribution in [3.63, 3.8) is 0 Å². The van der Waals surface area contributed by atoms with E-state index in [0.717, 1.165) is 30.4 Å². The Morgan fingerprint density at radius 3 is 2.82 bits per heavy atom. The van der Waals surface area contributed by atoms with Gasteiger partial charge in [-0.2, -0.15) is 0 Å². The van der Waals surface area contributed by atoms with E-state index in [9.17, 15) is 0 Å². The highest BCUT2D eigenvalue weighted by atomic mass is 127. The summed E-state index contributed by atoms with van der Waals surface area (Å²) in [4.78, 5) is 8.80. The lowest BCUT2D eigenvalue weighted by molar-refractivity contribution is 0.507. The summed E-state index contributed by atoms with van der Waals surface area (Å²) in [5, 5.41) is 9.80. The Morgan fingerprint density at radius 1 is 1.41 bits per heavy atom. The lowest BCUT2D eigenvalue weighted by Crippen LogP contribution is -2.37. The lowest BCUT2D eigenvalue weighted by Gasteiger charge is -2.10. The zero-order valence-corrected chi connectivity index (χ0v) is 16.3. The van der Waals surface area contributed by atoms with Gasteiger partial charge in [0, 0.05) is 31.3 Å². The zero-order valence-electron chi connectivity index (χ0n) is 13.1. The predicted octanol–water partition coefficient (Wildman–Crippen LogP) is 3.39. The van der Waals surface area contributed by atoms with Crippen LogP contribution in [-0.2, 0) is 13.0 Å². The molecule has 0 atom stereocenters. The molecule has 0 aliphatic rings. The SMILES string of the molecule is CN=C(NCCc1ccco1)NCc1csc(C(C)C)n1.I. The molecule has 0 amide bonds. The minimum atomic E-state index is 0. The van der Waals surface area contributed by atoms with Gasteiger partial charge in [0.25, 0.3) is 0 Å². The summed E-state index contributed by atoms with van der Waals surface area (Å²) >= 11 is 1.71. The Balaban J connectivity index is 0.00000242. The van der Waals surface area contributed by atoms with Crippen LogP contribution < -0.4 is 10.6 Å². The molecular formula is C15H23IN4OS. The summed E-state index contributed by atoms with van der Waals surface area (Å²) in [6, 6.07) is 3.87. The Morgan fingerprint density at radius 2 is 2.23 bits per heavy atom. The number of hydrogen-bond acceptors (Lipinski definition) is 4. The monoisotopic (exact) mass is 434 g/mol. The molecular weight excluding hydrogens is 411 g/mol. The third-order valence-corrected chi connectivity index (χ3v) is 4.16. The Labute approximate surface area is 152 Å². The van der Waals surface area contributed by atoms with Crippen LogP contribution in [0.2, 0.25) is 0 Å². The molecule has 5 nitrogen and oxygen atoms in total. The third-order valence-electron chi connectivity index (χ3n) is 2.97. The van der Waals surface area contributed by atoms with Gasteiger partial charge < -0.3 is 15.1 Å². The van der Waals surface area contributed by atoms with Crippen LogP contribution in [0.4, 0.5) is 0 Å². The van der Waals surface area contributed by atoms with E-state index in [2.05, 4.69) is 39.8 Å². The molecule has 2 aromatic rings. The number of hydrogen-bond donors (Lipinski definition) is 2. The van der Waals surface area contributed by atoms with Gasteiger partial charge in [-0.1, -0.05) is 13.8 Å². The Bertz CT molecular complexity index is 566. The number of aliphatic imine (C=N–C) groups is 1. The van der Waals surface area contributed by atoms with Crippen molar-refractivity contribution in [3.8, 4) is 0 Å². The first-order valence-electron chi connectivity index (χ1n) is 7.10. The second-order valence-electron chi connectivity index (χ2n) is 5.01. The van der Waals surface area contributed by atoms with Crippen LogP contribution in [0.25, 0.3) is 0 Å². The summed E-state index contributed by atoms with van der Waals surface area (Å²) < 4.78 is 5.29. The fourth-order valence-electron chi connectivity index (χ4n) is 1.82. The summed E-state index contributed by atoms with van der Waals surface area (Å²) in [7, 11) is 1.77. The maximum absolute atomic E-state index is 5.29. The average Bonchev–Trinajstić information content (AvgIpc) is 3.13. The Kier molecular flexibility index (Phi) is 8.47. The first-order chi connectivity index (χ1) is 10.2. The number of rotatable bonds is 6. The maximum atomic E-state index is 5.29. The molecule has 0 aliphatic carbocycles. The van der Waals surface area contributed by atoms with E-state index >= 15 is 0 Å². The summed E-state index contributed by atoms with van der Waals surface area (Å²) in [5.41, 5.74) is 1.05. The van der Waals surface area contributed by atoms with Gasteiger partial charge in [-0.15, -0.1) is 35.3 Å². The van der Waals surface area contributed by atoms with Crippen LogP contribution in [-0.4, -0.2) is 24.5 Å². The van der Waals surface area contributed by atoms with Crippen molar-refractivity contribution in [3.05, 3.63) is 40.2 Å². The molecule has 2 heterocycles. The first kappa shape index (κ1) is 19.0. The number of halogens is 1. The smallest absolute Gasteiger partial charge is 0.191 e. The Hall–Kier alpha value is -1.09. The normalized spacial score (nSPS) is 11.4. The molecule has 0 spiro atoms. The molecule has 22 heavy (non-hydrogen) atoms. The zero-order chi connectivity index (χ0) is 15.1. The molecule has 7 heteroatoms.